The predicted molar refractivity (Wildman–Crippen MR) is 139 cm³/mol. The Labute approximate surface area is 204 Å². The van der Waals surface area contributed by atoms with Crippen molar-refractivity contribution in [2.24, 2.45) is 0 Å². The number of aliphatic hydroxyl groups excluding tert-OH is 1. The van der Waals surface area contributed by atoms with Crippen molar-refractivity contribution in [2.75, 3.05) is 6.61 Å². The molecule has 0 aliphatic carbocycles. The van der Waals surface area contributed by atoms with Crippen LogP contribution < -0.4 is 5.32 Å². The van der Waals surface area contributed by atoms with Crippen molar-refractivity contribution in [1.82, 2.24) is 15.3 Å². The molecular formula is C30H25N3O2. The molecule has 1 heterocycles. The summed E-state index contributed by atoms with van der Waals surface area (Å²) in [6.45, 7) is -0.146. The minimum atomic E-state index is -0.382. The molecule has 0 saturated heterocycles. The lowest BCUT2D eigenvalue weighted by molar-refractivity contribution is 0.0916. The molecule has 5 nitrogen and oxygen atoms in total. The first-order chi connectivity index (χ1) is 17.2. The van der Waals surface area contributed by atoms with E-state index in [9.17, 15) is 9.90 Å². The summed E-state index contributed by atoms with van der Waals surface area (Å²) in [6.07, 6.45) is 0.551. The number of carbonyl (C=O) groups excluding carboxylic acids is 1. The van der Waals surface area contributed by atoms with Crippen LogP contribution in [0.3, 0.4) is 0 Å². The number of benzene rings is 4. The van der Waals surface area contributed by atoms with Crippen LogP contribution >= 0.6 is 0 Å². The fourth-order valence-corrected chi connectivity index (χ4v) is 4.12. The molecule has 0 spiro atoms. The van der Waals surface area contributed by atoms with Crippen molar-refractivity contribution in [2.45, 2.75) is 12.5 Å². The molecule has 172 valence electrons. The highest BCUT2D eigenvalue weighted by molar-refractivity contribution is 5.98. The molecule has 0 saturated carbocycles. The van der Waals surface area contributed by atoms with Gasteiger partial charge in [-0.15, -0.1) is 0 Å². The maximum atomic E-state index is 13.0. The largest absolute Gasteiger partial charge is 0.394 e. The molecule has 5 heteroatoms. The second kappa shape index (κ2) is 10.3. The van der Waals surface area contributed by atoms with Gasteiger partial charge in [0.2, 0.25) is 0 Å². The number of nitrogens with zero attached hydrogens (tertiary/aromatic N) is 2. The number of amides is 1. The van der Waals surface area contributed by atoms with Gasteiger partial charge < -0.3 is 10.4 Å². The van der Waals surface area contributed by atoms with Crippen molar-refractivity contribution in [3.05, 3.63) is 120 Å². The first-order valence-electron chi connectivity index (χ1n) is 11.6. The van der Waals surface area contributed by atoms with Gasteiger partial charge in [-0.2, -0.15) is 0 Å². The van der Waals surface area contributed by atoms with Gasteiger partial charge in [0.1, 0.15) is 0 Å². The summed E-state index contributed by atoms with van der Waals surface area (Å²) in [4.78, 5) is 22.9. The standard InChI is InChI=1S/C30H25N3O2/c34-20-25(18-21-10-4-1-5-11-21)31-30(35)24-16-17-26-27(19-24)33-29(23-14-8-3-9-15-23)28(32-26)22-12-6-2-7-13-22/h1-17,19,25,34H,18,20H2,(H,31,35)/t25-/m0/s1. The Balaban J connectivity index is 1.49. The van der Waals surface area contributed by atoms with Crippen LogP contribution in [0.15, 0.2) is 109 Å². The summed E-state index contributed by atoms with van der Waals surface area (Å²) in [5, 5.41) is 12.8. The van der Waals surface area contributed by atoms with Gasteiger partial charge in [0, 0.05) is 16.7 Å². The highest BCUT2D eigenvalue weighted by Crippen LogP contribution is 2.31. The Morgan fingerprint density at radius 1 is 0.714 bits per heavy atom. The number of aliphatic hydroxyl groups is 1. The number of hydrogen-bond acceptors (Lipinski definition) is 4. The highest BCUT2D eigenvalue weighted by atomic mass is 16.3. The quantitative estimate of drug-likeness (QED) is 0.346. The molecule has 0 aliphatic heterocycles. The van der Waals surface area contributed by atoms with Gasteiger partial charge in [0.25, 0.3) is 5.91 Å². The zero-order valence-corrected chi connectivity index (χ0v) is 19.1. The fourth-order valence-electron chi connectivity index (χ4n) is 4.12. The number of carbonyl (C=O) groups is 1. The highest BCUT2D eigenvalue weighted by Gasteiger charge is 2.17. The molecular weight excluding hydrogens is 434 g/mol. The Morgan fingerprint density at radius 3 is 1.83 bits per heavy atom. The summed E-state index contributed by atoms with van der Waals surface area (Å²) in [6, 6.07) is 34.7. The molecule has 0 fully saturated rings. The van der Waals surface area contributed by atoms with E-state index >= 15 is 0 Å². The van der Waals surface area contributed by atoms with Crippen LogP contribution in [-0.2, 0) is 6.42 Å². The van der Waals surface area contributed by atoms with Crippen LogP contribution in [0.25, 0.3) is 33.5 Å². The van der Waals surface area contributed by atoms with E-state index in [0.717, 1.165) is 28.1 Å². The van der Waals surface area contributed by atoms with E-state index in [-0.39, 0.29) is 18.6 Å². The Bertz CT molecular complexity index is 1440. The maximum Gasteiger partial charge on any atom is 0.251 e. The third-order valence-corrected chi connectivity index (χ3v) is 5.90. The first-order valence-corrected chi connectivity index (χ1v) is 11.6. The Hall–Kier alpha value is -4.35. The van der Waals surface area contributed by atoms with Crippen LogP contribution in [0.2, 0.25) is 0 Å². The van der Waals surface area contributed by atoms with Crippen LogP contribution in [0.5, 0.6) is 0 Å². The average molecular weight is 460 g/mol. The predicted octanol–water partition coefficient (Wildman–Crippen LogP) is 5.30. The van der Waals surface area contributed by atoms with E-state index in [1.807, 2.05) is 97.1 Å². The molecule has 0 aliphatic rings. The van der Waals surface area contributed by atoms with Gasteiger partial charge in [-0.1, -0.05) is 91.0 Å². The van der Waals surface area contributed by atoms with E-state index < -0.39 is 0 Å². The SMILES string of the molecule is O=C(N[C@H](CO)Cc1ccccc1)c1ccc2nc(-c3ccccc3)c(-c3ccccc3)nc2c1. The minimum absolute atomic E-state index is 0.146. The maximum absolute atomic E-state index is 13.0. The molecule has 1 aromatic heterocycles. The lowest BCUT2D eigenvalue weighted by Crippen LogP contribution is -2.39. The normalized spacial score (nSPS) is 11.8. The fraction of sp³-hybridized carbons (Fsp3) is 0.100. The zero-order chi connectivity index (χ0) is 24.0. The lowest BCUT2D eigenvalue weighted by atomic mass is 10.0. The van der Waals surface area contributed by atoms with E-state index in [2.05, 4.69) is 5.32 Å². The molecule has 1 amide bonds. The molecule has 2 N–H and O–H groups in total. The topological polar surface area (TPSA) is 75.1 Å². The number of fused-ring (bicyclic) bond motifs is 1. The number of nitrogens with one attached hydrogen (secondary N) is 1. The summed E-state index contributed by atoms with van der Waals surface area (Å²) < 4.78 is 0. The van der Waals surface area contributed by atoms with Crippen molar-refractivity contribution in [3.8, 4) is 22.5 Å². The summed E-state index contributed by atoms with van der Waals surface area (Å²) in [5.74, 6) is -0.253. The molecule has 1 atom stereocenters. The Kier molecular flexibility index (Phi) is 6.59. The van der Waals surface area contributed by atoms with E-state index in [4.69, 9.17) is 9.97 Å². The van der Waals surface area contributed by atoms with Gasteiger partial charge in [0.05, 0.1) is 35.1 Å². The number of rotatable bonds is 7. The molecule has 0 radical (unpaired) electrons. The third-order valence-electron chi connectivity index (χ3n) is 5.90. The van der Waals surface area contributed by atoms with Crippen molar-refractivity contribution in [3.63, 3.8) is 0 Å². The van der Waals surface area contributed by atoms with Gasteiger partial charge in [-0.25, -0.2) is 9.97 Å². The number of aromatic nitrogens is 2. The molecule has 5 aromatic rings. The van der Waals surface area contributed by atoms with Crippen LogP contribution in [-0.4, -0.2) is 33.6 Å². The molecule has 5 rings (SSSR count). The van der Waals surface area contributed by atoms with Crippen LogP contribution in [0.1, 0.15) is 15.9 Å². The van der Waals surface area contributed by atoms with Crippen molar-refractivity contribution in [1.29, 1.82) is 0 Å². The zero-order valence-electron chi connectivity index (χ0n) is 19.1. The first kappa shape index (κ1) is 22.4. The van der Waals surface area contributed by atoms with Gasteiger partial charge in [0.15, 0.2) is 0 Å². The molecule has 35 heavy (non-hydrogen) atoms. The van der Waals surface area contributed by atoms with Crippen molar-refractivity contribution < 1.29 is 9.90 Å². The molecule has 0 bridgehead atoms. The third kappa shape index (κ3) is 5.10. The van der Waals surface area contributed by atoms with Crippen LogP contribution in [0.4, 0.5) is 0 Å². The number of hydrogen-bond donors (Lipinski definition) is 2. The monoisotopic (exact) mass is 459 g/mol. The molecule has 0 unspecified atom stereocenters. The smallest absolute Gasteiger partial charge is 0.251 e. The van der Waals surface area contributed by atoms with Gasteiger partial charge in [-0.3, -0.25) is 4.79 Å². The Morgan fingerprint density at radius 2 is 1.26 bits per heavy atom. The summed E-state index contributed by atoms with van der Waals surface area (Å²) >= 11 is 0. The van der Waals surface area contributed by atoms with Crippen molar-refractivity contribution >= 4 is 16.9 Å². The molecule has 4 aromatic carbocycles. The van der Waals surface area contributed by atoms with Gasteiger partial charge in [-0.05, 0) is 30.2 Å². The summed E-state index contributed by atoms with van der Waals surface area (Å²) in [5.41, 5.74) is 6.38. The van der Waals surface area contributed by atoms with Crippen LogP contribution in [0, 0.1) is 0 Å². The van der Waals surface area contributed by atoms with E-state index in [0.29, 0.717) is 23.0 Å². The average Bonchev–Trinajstić information content (AvgIpc) is 2.93. The van der Waals surface area contributed by atoms with E-state index in [1.54, 1.807) is 12.1 Å². The lowest BCUT2D eigenvalue weighted by Gasteiger charge is -2.17. The second-order valence-electron chi connectivity index (χ2n) is 8.40. The minimum Gasteiger partial charge on any atom is -0.394 e. The van der Waals surface area contributed by atoms with Gasteiger partial charge >= 0.3 is 0 Å². The summed E-state index contributed by atoms with van der Waals surface area (Å²) in [7, 11) is 0. The second-order valence-corrected chi connectivity index (χ2v) is 8.40. The van der Waals surface area contributed by atoms with E-state index in [1.165, 1.54) is 0 Å².